The Hall–Kier alpha value is -2.62. The van der Waals surface area contributed by atoms with Crippen molar-refractivity contribution in [3.8, 4) is 0 Å². The number of hydrogen-bond donors (Lipinski definition) is 4. The van der Waals surface area contributed by atoms with Crippen LogP contribution in [0.4, 0.5) is 0 Å². The van der Waals surface area contributed by atoms with E-state index >= 15 is 0 Å². The van der Waals surface area contributed by atoms with Crippen LogP contribution in [0.1, 0.15) is 93.4 Å². The molecule has 0 radical (unpaired) electrons. The van der Waals surface area contributed by atoms with Gasteiger partial charge < -0.3 is 11.5 Å². The zero-order valence-corrected chi connectivity index (χ0v) is 19.8. The minimum Gasteiger partial charge on any atom is -0.384 e. The highest BCUT2D eigenvalue weighted by molar-refractivity contribution is 5.95. The summed E-state index contributed by atoms with van der Waals surface area (Å²) in [7, 11) is 0. The molecule has 0 aliphatic heterocycles. The number of benzene rings is 2. The van der Waals surface area contributed by atoms with E-state index in [-0.39, 0.29) is 11.7 Å². The molecule has 0 fully saturated rings. The maximum absolute atomic E-state index is 7.49. The number of unbranched alkanes of at least 4 members (excludes halogenated alkanes) is 4. The van der Waals surface area contributed by atoms with Gasteiger partial charge in [-0.25, -0.2) is 0 Å². The van der Waals surface area contributed by atoms with Gasteiger partial charge in [-0.05, 0) is 42.7 Å². The highest BCUT2D eigenvalue weighted by atomic mass is 14.7. The van der Waals surface area contributed by atoms with Crippen molar-refractivity contribution in [2.45, 2.75) is 84.0 Å². The van der Waals surface area contributed by atoms with Gasteiger partial charge in [0.2, 0.25) is 0 Å². The van der Waals surface area contributed by atoms with Crippen LogP contribution in [0, 0.1) is 16.7 Å². The molecule has 0 heterocycles. The SMILES string of the molecule is CCCC(CCCCCCCc1ccc(C(=N)N)cc1)CCCc1ccc(C(=N)N)cc1. The Morgan fingerprint density at radius 3 is 1.56 bits per heavy atom. The lowest BCUT2D eigenvalue weighted by molar-refractivity contribution is 0.385. The fourth-order valence-corrected chi connectivity index (χ4v) is 4.43. The van der Waals surface area contributed by atoms with Crippen molar-refractivity contribution in [3.05, 3.63) is 70.8 Å². The van der Waals surface area contributed by atoms with E-state index in [2.05, 4.69) is 31.2 Å². The predicted octanol–water partition coefficient (Wildman–Crippen LogP) is 6.58. The van der Waals surface area contributed by atoms with E-state index in [0.29, 0.717) is 0 Å². The third-order valence-corrected chi connectivity index (χ3v) is 6.38. The molecule has 6 N–H and O–H groups in total. The van der Waals surface area contributed by atoms with Gasteiger partial charge >= 0.3 is 0 Å². The molecule has 1 unspecified atom stereocenters. The second kappa shape index (κ2) is 14.4. The molecule has 2 aromatic carbocycles. The van der Waals surface area contributed by atoms with Crippen LogP contribution in [0.5, 0.6) is 0 Å². The minimum atomic E-state index is 0.140. The van der Waals surface area contributed by atoms with Gasteiger partial charge in [0.15, 0.2) is 0 Å². The first-order valence-corrected chi connectivity index (χ1v) is 12.4. The van der Waals surface area contributed by atoms with Crippen LogP contribution in [-0.2, 0) is 12.8 Å². The molecule has 4 nitrogen and oxygen atoms in total. The topological polar surface area (TPSA) is 99.7 Å². The summed E-state index contributed by atoms with van der Waals surface area (Å²) in [5.74, 6) is 1.14. The van der Waals surface area contributed by atoms with Crippen LogP contribution in [0.15, 0.2) is 48.5 Å². The van der Waals surface area contributed by atoms with E-state index in [4.69, 9.17) is 22.3 Å². The van der Waals surface area contributed by atoms with Crippen molar-refractivity contribution in [2.24, 2.45) is 17.4 Å². The Bertz CT molecular complexity index is 808. The van der Waals surface area contributed by atoms with Crippen molar-refractivity contribution in [1.29, 1.82) is 10.8 Å². The normalized spacial score (nSPS) is 11.9. The third kappa shape index (κ3) is 9.67. The molecule has 2 aromatic rings. The molecule has 0 spiro atoms. The highest BCUT2D eigenvalue weighted by Gasteiger charge is 2.08. The molecule has 174 valence electrons. The first-order valence-electron chi connectivity index (χ1n) is 12.4. The second-order valence-corrected chi connectivity index (χ2v) is 9.07. The van der Waals surface area contributed by atoms with Crippen molar-refractivity contribution < 1.29 is 0 Å². The Kier molecular flexibility index (Phi) is 11.6. The predicted molar refractivity (Wildman–Crippen MR) is 138 cm³/mol. The lowest BCUT2D eigenvalue weighted by atomic mass is 9.90. The molecule has 1 atom stereocenters. The number of rotatable bonds is 16. The molecular weight excluding hydrogens is 392 g/mol. The van der Waals surface area contributed by atoms with E-state index in [0.717, 1.165) is 29.9 Å². The zero-order chi connectivity index (χ0) is 23.2. The van der Waals surface area contributed by atoms with E-state index in [1.807, 2.05) is 24.3 Å². The van der Waals surface area contributed by atoms with Crippen molar-refractivity contribution >= 4 is 11.7 Å². The molecule has 32 heavy (non-hydrogen) atoms. The van der Waals surface area contributed by atoms with Crippen LogP contribution >= 0.6 is 0 Å². The van der Waals surface area contributed by atoms with Gasteiger partial charge in [0.05, 0.1) is 0 Å². The van der Waals surface area contributed by atoms with E-state index in [1.165, 1.54) is 75.3 Å². The van der Waals surface area contributed by atoms with Crippen molar-refractivity contribution in [3.63, 3.8) is 0 Å². The number of amidine groups is 2. The highest BCUT2D eigenvalue weighted by Crippen LogP contribution is 2.23. The lowest BCUT2D eigenvalue weighted by Crippen LogP contribution is -2.10. The first-order chi connectivity index (χ1) is 15.5. The van der Waals surface area contributed by atoms with Gasteiger partial charge in [0, 0.05) is 11.1 Å². The first kappa shape index (κ1) is 25.6. The molecule has 0 aliphatic carbocycles. The maximum Gasteiger partial charge on any atom is 0.122 e. The number of aryl methyl sites for hydroxylation is 2. The van der Waals surface area contributed by atoms with Crippen LogP contribution < -0.4 is 11.5 Å². The maximum atomic E-state index is 7.49. The van der Waals surface area contributed by atoms with Crippen molar-refractivity contribution in [2.75, 3.05) is 0 Å². The average Bonchev–Trinajstić information content (AvgIpc) is 2.79. The third-order valence-electron chi connectivity index (χ3n) is 6.38. The summed E-state index contributed by atoms with van der Waals surface area (Å²) in [5, 5.41) is 14.9. The largest absolute Gasteiger partial charge is 0.384 e. The molecule has 0 aromatic heterocycles. The molecular formula is C28H42N4. The minimum absolute atomic E-state index is 0.140. The lowest BCUT2D eigenvalue weighted by Gasteiger charge is -2.16. The number of nitrogens with two attached hydrogens (primary N) is 2. The van der Waals surface area contributed by atoms with E-state index < -0.39 is 0 Å². The van der Waals surface area contributed by atoms with Crippen LogP contribution in [-0.4, -0.2) is 11.7 Å². The van der Waals surface area contributed by atoms with Gasteiger partial charge in [-0.1, -0.05) is 107 Å². The summed E-state index contributed by atoms with van der Waals surface area (Å²) < 4.78 is 0. The van der Waals surface area contributed by atoms with Gasteiger partial charge in [0.25, 0.3) is 0 Å². The summed E-state index contributed by atoms with van der Waals surface area (Å²) in [6, 6.07) is 16.3. The summed E-state index contributed by atoms with van der Waals surface area (Å²) in [6.07, 6.45) is 15.3. The summed E-state index contributed by atoms with van der Waals surface area (Å²) >= 11 is 0. The standard InChI is InChI=1S/C28H42N4/c1-2-9-22(12-8-13-24-16-20-26(21-17-24)28(31)32)10-6-4-3-5-7-11-23-14-18-25(19-15-23)27(29)30/h14-22H,2-13H2,1H3,(H3,29,30)(H3,31,32). The zero-order valence-electron chi connectivity index (χ0n) is 19.8. The van der Waals surface area contributed by atoms with E-state index in [1.54, 1.807) is 0 Å². The van der Waals surface area contributed by atoms with Crippen LogP contribution in [0.2, 0.25) is 0 Å². The molecule has 4 heteroatoms. The molecule has 0 saturated carbocycles. The average molecular weight is 435 g/mol. The van der Waals surface area contributed by atoms with E-state index in [9.17, 15) is 0 Å². The van der Waals surface area contributed by atoms with Gasteiger partial charge in [-0.15, -0.1) is 0 Å². The Balaban J connectivity index is 1.57. The van der Waals surface area contributed by atoms with Gasteiger partial charge in [0.1, 0.15) is 11.7 Å². The van der Waals surface area contributed by atoms with Crippen LogP contribution in [0.3, 0.4) is 0 Å². The molecule has 0 bridgehead atoms. The number of nitrogen functional groups attached to an aromatic ring is 2. The Morgan fingerprint density at radius 1 is 0.625 bits per heavy atom. The van der Waals surface area contributed by atoms with Gasteiger partial charge in [-0.3, -0.25) is 10.8 Å². The van der Waals surface area contributed by atoms with Crippen LogP contribution in [0.25, 0.3) is 0 Å². The Labute approximate surface area is 194 Å². The fraction of sp³-hybridized carbons (Fsp3) is 0.500. The summed E-state index contributed by atoms with van der Waals surface area (Å²) in [6.45, 7) is 2.30. The van der Waals surface area contributed by atoms with Gasteiger partial charge in [-0.2, -0.15) is 0 Å². The second-order valence-electron chi connectivity index (χ2n) is 9.07. The molecule has 2 rings (SSSR count). The molecule has 0 amide bonds. The monoisotopic (exact) mass is 434 g/mol. The molecule has 0 aliphatic rings. The van der Waals surface area contributed by atoms with Crippen molar-refractivity contribution in [1.82, 2.24) is 0 Å². The quantitative estimate of drug-likeness (QED) is 0.136. The summed E-state index contributed by atoms with van der Waals surface area (Å²) in [5.41, 5.74) is 15.4. The smallest absolute Gasteiger partial charge is 0.122 e. The number of hydrogen-bond acceptors (Lipinski definition) is 2. The summed E-state index contributed by atoms with van der Waals surface area (Å²) in [4.78, 5) is 0. The number of nitrogens with one attached hydrogen (secondary N) is 2. The fourth-order valence-electron chi connectivity index (χ4n) is 4.43. The molecule has 0 saturated heterocycles. The Morgan fingerprint density at radius 2 is 1.06 bits per heavy atom.